The highest BCUT2D eigenvalue weighted by atomic mass is 35.5. The van der Waals surface area contributed by atoms with Crippen LogP contribution in [-0.2, 0) is 11.0 Å². The third kappa shape index (κ3) is 5.90. The maximum Gasteiger partial charge on any atom is 0.416 e. The SMILES string of the molecule is O=C(CSc1ccc(Cl)cc1)N/N=C\c1cccc(C(F)(F)F)c1. The van der Waals surface area contributed by atoms with Gasteiger partial charge in [-0.2, -0.15) is 18.3 Å². The summed E-state index contributed by atoms with van der Waals surface area (Å²) in [4.78, 5) is 12.5. The number of alkyl halides is 3. The lowest BCUT2D eigenvalue weighted by molar-refractivity contribution is -0.137. The average molecular weight is 373 g/mol. The van der Waals surface area contributed by atoms with Crippen LogP contribution in [0.25, 0.3) is 0 Å². The van der Waals surface area contributed by atoms with Crippen LogP contribution in [0, 0.1) is 0 Å². The monoisotopic (exact) mass is 372 g/mol. The number of hydrogen-bond donors (Lipinski definition) is 1. The molecule has 1 N–H and O–H groups in total. The Kier molecular flexibility index (Phi) is 6.28. The van der Waals surface area contributed by atoms with E-state index in [4.69, 9.17) is 11.6 Å². The number of halogens is 4. The minimum absolute atomic E-state index is 0.127. The molecule has 8 heteroatoms. The number of carbonyl (C=O) groups is 1. The van der Waals surface area contributed by atoms with Crippen molar-refractivity contribution in [3.8, 4) is 0 Å². The first-order valence-electron chi connectivity index (χ1n) is 6.72. The molecule has 3 nitrogen and oxygen atoms in total. The molecular weight excluding hydrogens is 361 g/mol. The van der Waals surface area contributed by atoms with Crippen molar-refractivity contribution in [2.24, 2.45) is 5.10 Å². The quantitative estimate of drug-likeness (QED) is 0.473. The molecule has 2 aromatic rings. The fourth-order valence-electron chi connectivity index (χ4n) is 1.69. The zero-order valence-electron chi connectivity index (χ0n) is 12.2. The van der Waals surface area contributed by atoms with Crippen LogP contribution in [0.15, 0.2) is 58.5 Å². The lowest BCUT2D eigenvalue weighted by Crippen LogP contribution is -2.19. The first-order valence-corrected chi connectivity index (χ1v) is 8.08. The predicted octanol–water partition coefficient (Wildman–Crippen LogP) is 4.60. The molecule has 0 aromatic heterocycles. The molecule has 2 aromatic carbocycles. The highest BCUT2D eigenvalue weighted by Crippen LogP contribution is 2.29. The maximum atomic E-state index is 12.6. The lowest BCUT2D eigenvalue weighted by atomic mass is 10.1. The van der Waals surface area contributed by atoms with Gasteiger partial charge < -0.3 is 0 Å². The summed E-state index contributed by atoms with van der Waals surface area (Å²) in [6, 6.07) is 11.7. The van der Waals surface area contributed by atoms with E-state index in [0.29, 0.717) is 5.02 Å². The smallest absolute Gasteiger partial charge is 0.272 e. The Morgan fingerprint density at radius 3 is 2.58 bits per heavy atom. The molecule has 0 saturated heterocycles. The van der Waals surface area contributed by atoms with Crippen molar-refractivity contribution in [1.82, 2.24) is 5.43 Å². The van der Waals surface area contributed by atoms with Gasteiger partial charge in [0.05, 0.1) is 17.5 Å². The second-order valence-corrected chi connectivity index (χ2v) is 6.14. The molecule has 0 bridgehead atoms. The van der Waals surface area contributed by atoms with Crippen molar-refractivity contribution in [2.75, 3.05) is 5.75 Å². The van der Waals surface area contributed by atoms with E-state index < -0.39 is 11.7 Å². The van der Waals surface area contributed by atoms with Crippen molar-refractivity contribution < 1.29 is 18.0 Å². The molecule has 0 aliphatic rings. The second kappa shape index (κ2) is 8.21. The predicted molar refractivity (Wildman–Crippen MR) is 89.4 cm³/mol. The molecule has 0 aliphatic carbocycles. The van der Waals surface area contributed by atoms with Crippen molar-refractivity contribution in [1.29, 1.82) is 0 Å². The van der Waals surface area contributed by atoms with Gasteiger partial charge in [0, 0.05) is 9.92 Å². The second-order valence-electron chi connectivity index (χ2n) is 4.66. The molecule has 126 valence electrons. The number of nitrogens with one attached hydrogen (secondary N) is 1. The number of thioether (sulfide) groups is 1. The Labute approximate surface area is 145 Å². The Morgan fingerprint density at radius 2 is 1.92 bits per heavy atom. The summed E-state index contributed by atoms with van der Waals surface area (Å²) in [7, 11) is 0. The molecule has 1 amide bonds. The van der Waals surface area contributed by atoms with E-state index in [1.165, 1.54) is 30.1 Å². The number of rotatable bonds is 5. The van der Waals surface area contributed by atoms with Gasteiger partial charge in [0.1, 0.15) is 0 Å². The maximum absolute atomic E-state index is 12.6. The van der Waals surface area contributed by atoms with E-state index in [1.807, 2.05) is 0 Å². The van der Waals surface area contributed by atoms with E-state index in [2.05, 4.69) is 10.5 Å². The van der Waals surface area contributed by atoms with Crippen molar-refractivity contribution >= 4 is 35.5 Å². The fraction of sp³-hybridized carbons (Fsp3) is 0.125. The van der Waals surface area contributed by atoms with Crippen LogP contribution in [0.1, 0.15) is 11.1 Å². The Bertz CT molecular complexity index is 733. The first-order chi connectivity index (χ1) is 11.3. The highest BCUT2D eigenvalue weighted by Gasteiger charge is 2.30. The molecule has 0 unspecified atom stereocenters. The number of amides is 1. The summed E-state index contributed by atoms with van der Waals surface area (Å²) in [5.74, 6) is -0.236. The summed E-state index contributed by atoms with van der Waals surface area (Å²) < 4.78 is 37.7. The number of hydrogen-bond acceptors (Lipinski definition) is 3. The summed E-state index contributed by atoms with van der Waals surface area (Å²) >= 11 is 7.06. The summed E-state index contributed by atoms with van der Waals surface area (Å²) in [5.41, 5.74) is 1.75. The first kappa shape index (κ1) is 18.4. The zero-order chi connectivity index (χ0) is 17.6. The molecule has 0 atom stereocenters. The summed E-state index contributed by atoms with van der Waals surface area (Å²) in [6.07, 6.45) is -3.25. The lowest BCUT2D eigenvalue weighted by Gasteiger charge is -2.06. The molecule has 0 spiro atoms. The molecule has 2 rings (SSSR count). The molecule has 0 heterocycles. The average Bonchev–Trinajstić information content (AvgIpc) is 2.54. The Morgan fingerprint density at radius 1 is 1.21 bits per heavy atom. The Hall–Kier alpha value is -1.99. The third-order valence-corrected chi connectivity index (χ3v) is 4.06. The van der Waals surface area contributed by atoms with Gasteiger partial charge in [0.2, 0.25) is 5.91 Å². The molecule has 0 saturated carbocycles. The minimum Gasteiger partial charge on any atom is -0.272 e. The number of hydrazone groups is 1. The van der Waals surface area contributed by atoms with Gasteiger partial charge in [-0.1, -0.05) is 23.7 Å². The highest BCUT2D eigenvalue weighted by molar-refractivity contribution is 8.00. The summed E-state index contributed by atoms with van der Waals surface area (Å²) in [6.45, 7) is 0. The van der Waals surface area contributed by atoms with Gasteiger partial charge in [-0.25, -0.2) is 5.43 Å². The number of nitrogens with zero attached hydrogens (tertiary/aromatic N) is 1. The van der Waals surface area contributed by atoms with Gasteiger partial charge in [-0.05, 0) is 42.0 Å². The van der Waals surface area contributed by atoms with Crippen LogP contribution in [0.5, 0.6) is 0 Å². The van der Waals surface area contributed by atoms with Gasteiger partial charge in [0.25, 0.3) is 0 Å². The van der Waals surface area contributed by atoms with Gasteiger partial charge in [-0.15, -0.1) is 11.8 Å². The largest absolute Gasteiger partial charge is 0.416 e. The fourth-order valence-corrected chi connectivity index (χ4v) is 2.50. The van der Waals surface area contributed by atoms with Crippen LogP contribution in [-0.4, -0.2) is 17.9 Å². The van der Waals surface area contributed by atoms with E-state index >= 15 is 0 Å². The molecule has 0 fully saturated rings. The van der Waals surface area contributed by atoms with Gasteiger partial charge in [-0.3, -0.25) is 4.79 Å². The molecule has 24 heavy (non-hydrogen) atoms. The minimum atomic E-state index is -4.41. The van der Waals surface area contributed by atoms with Gasteiger partial charge in [0.15, 0.2) is 0 Å². The van der Waals surface area contributed by atoms with E-state index in [9.17, 15) is 18.0 Å². The third-order valence-electron chi connectivity index (χ3n) is 2.80. The molecule has 0 radical (unpaired) electrons. The normalized spacial score (nSPS) is 11.7. The van der Waals surface area contributed by atoms with Crippen LogP contribution < -0.4 is 5.43 Å². The molecule has 0 aliphatic heterocycles. The van der Waals surface area contributed by atoms with E-state index in [1.54, 1.807) is 24.3 Å². The van der Waals surface area contributed by atoms with Crippen LogP contribution >= 0.6 is 23.4 Å². The number of benzene rings is 2. The van der Waals surface area contributed by atoms with Crippen LogP contribution in [0.3, 0.4) is 0 Å². The van der Waals surface area contributed by atoms with Crippen molar-refractivity contribution in [2.45, 2.75) is 11.1 Å². The van der Waals surface area contributed by atoms with Gasteiger partial charge >= 0.3 is 6.18 Å². The van der Waals surface area contributed by atoms with Crippen molar-refractivity contribution in [3.63, 3.8) is 0 Å². The van der Waals surface area contributed by atoms with Crippen LogP contribution in [0.2, 0.25) is 5.02 Å². The standard InChI is InChI=1S/C16H12ClF3N2OS/c17-13-4-6-14(7-5-13)24-10-15(23)22-21-9-11-2-1-3-12(8-11)16(18,19)20/h1-9H,10H2,(H,22,23)/b21-9-. The molecular formula is C16H12ClF3N2OS. The number of carbonyl (C=O) groups excluding carboxylic acids is 1. The topological polar surface area (TPSA) is 41.5 Å². The van der Waals surface area contributed by atoms with Crippen LogP contribution in [0.4, 0.5) is 13.2 Å². The summed E-state index contributed by atoms with van der Waals surface area (Å²) in [5, 5.41) is 4.27. The van der Waals surface area contributed by atoms with E-state index in [-0.39, 0.29) is 17.2 Å². The van der Waals surface area contributed by atoms with E-state index in [0.717, 1.165) is 17.0 Å². The Balaban J connectivity index is 1.85. The van der Waals surface area contributed by atoms with Crippen molar-refractivity contribution in [3.05, 3.63) is 64.7 Å². The zero-order valence-corrected chi connectivity index (χ0v) is 13.8.